The number of methoxy groups -OCH3 is 3. The van der Waals surface area contributed by atoms with Crippen LogP contribution in [0.4, 0.5) is 5.69 Å². The lowest BCUT2D eigenvalue weighted by Gasteiger charge is -2.12. The van der Waals surface area contributed by atoms with Gasteiger partial charge in [0.15, 0.2) is 0 Å². The van der Waals surface area contributed by atoms with Crippen LogP contribution in [0.2, 0.25) is 0 Å². The van der Waals surface area contributed by atoms with Gasteiger partial charge >= 0.3 is 0 Å². The van der Waals surface area contributed by atoms with Gasteiger partial charge in [-0.15, -0.1) is 0 Å². The van der Waals surface area contributed by atoms with Crippen LogP contribution < -0.4 is 19.5 Å². The lowest BCUT2D eigenvalue weighted by molar-refractivity contribution is 0.102. The first-order valence-corrected chi connectivity index (χ1v) is 9.96. The molecule has 0 aliphatic heterocycles. The molecule has 3 aromatic carbocycles. The fourth-order valence-electron chi connectivity index (χ4n) is 3.32. The van der Waals surface area contributed by atoms with Gasteiger partial charge in [0.25, 0.3) is 5.91 Å². The van der Waals surface area contributed by atoms with Gasteiger partial charge in [-0.25, -0.2) is 4.68 Å². The maximum atomic E-state index is 13.4. The number of nitrogens with zero attached hydrogens (tertiary/aromatic N) is 2. The number of anilines is 1. The Labute approximate surface area is 186 Å². The summed E-state index contributed by atoms with van der Waals surface area (Å²) in [7, 11) is 4.73. The van der Waals surface area contributed by atoms with Crippen molar-refractivity contribution in [3.8, 4) is 34.2 Å². The highest BCUT2D eigenvalue weighted by molar-refractivity contribution is 6.08. The molecule has 1 aromatic heterocycles. The Bertz CT molecular complexity index is 1220. The number of aromatic nitrogens is 2. The van der Waals surface area contributed by atoms with E-state index in [0.29, 0.717) is 28.4 Å². The third-order valence-electron chi connectivity index (χ3n) is 5.00. The fourth-order valence-corrected chi connectivity index (χ4v) is 3.32. The maximum absolute atomic E-state index is 13.4. The molecule has 1 N–H and O–H groups in total. The molecular weight excluding hydrogens is 406 g/mol. The highest BCUT2D eigenvalue weighted by Gasteiger charge is 2.20. The Balaban J connectivity index is 1.76. The number of benzene rings is 3. The number of rotatable bonds is 7. The quantitative estimate of drug-likeness (QED) is 0.456. The van der Waals surface area contributed by atoms with Crippen LogP contribution in [-0.4, -0.2) is 37.0 Å². The summed E-state index contributed by atoms with van der Waals surface area (Å²) in [5, 5.41) is 7.63. The Morgan fingerprint density at radius 2 is 1.53 bits per heavy atom. The molecule has 0 spiro atoms. The lowest BCUT2D eigenvalue weighted by Crippen LogP contribution is -2.13. The van der Waals surface area contributed by atoms with Crippen LogP contribution >= 0.6 is 0 Å². The van der Waals surface area contributed by atoms with Gasteiger partial charge in [-0.1, -0.05) is 18.2 Å². The predicted molar refractivity (Wildman–Crippen MR) is 123 cm³/mol. The average Bonchev–Trinajstić information content (AvgIpc) is 3.30. The van der Waals surface area contributed by atoms with E-state index in [2.05, 4.69) is 5.32 Å². The van der Waals surface area contributed by atoms with Crippen LogP contribution in [0.5, 0.6) is 17.2 Å². The van der Waals surface area contributed by atoms with Gasteiger partial charge in [0.2, 0.25) is 0 Å². The first-order chi connectivity index (χ1) is 15.6. The number of ether oxygens (including phenoxy) is 3. The van der Waals surface area contributed by atoms with Crippen molar-refractivity contribution >= 4 is 11.6 Å². The van der Waals surface area contributed by atoms with Crippen molar-refractivity contribution in [2.75, 3.05) is 26.6 Å². The smallest absolute Gasteiger partial charge is 0.259 e. The second kappa shape index (κ2) is 9.26. The van der Waals surface area contributed by atoms with E-state index in [9.17, 15) is 4.79 Å². The van der Waals surface area contributed by atoms with Gasteiger partial charge in [-0.05, 0) is 48.5 Å². The minimum Gasteiger partial charge on any atom is -0.497 e. The number of carbonyl (C=O) groups is 1. The van der Waals surface area contributed by atoms with Crippen molar-refractivity contribution in [3.05, 3.63) is 84.6 Å². The summed E-state index contributed by atoms with van der Waals surface area (Å²) in [5.41, 5.74) is 3.12. The molecule has 0 aliphatic carbocycles. The second-order valence-corrected chi connectivity index (χ2v) is 6.92. The number of carbonyl (C=O) groups excluding carboxylic acids is 1. The molecule has 0 saturated carbocycles. The van der Waals surface area contributed by atoms with Crippen LogP contribution in [0.15, 0.2) is 79.0 Å². The highest BCUT2D eigenvalue weighted by atomic mass is 16.5. The first kappa shape index (κ1) is 21.0. The molecule has 1 amide bonds. The summed E-state index contributed by atoms with van der Waals surface area (Å²) in [4.78, 5) is 13.4. The molecule has 0 unspecified atom stereocenters. The van der Waals surface area contributed by atoms with E-state index in [1.807, 2.05) is 54.6 Å². The molecule has 7 heteroatoms. The molecule has 0 saturated heterocycles. The molecule has 0 aliphatic rings. The van der Waals surface area contributed by atoms with E-state index in [0.717, 1.165) is 17.0 Å². The van der Waals surface area contributed by atoms with Crippen molar-refractivity contribution in [1.82, 2.24) is 9.78 Å². The molecule has 1 heterocycles. The first-order valence-electron chi connectivity index (χ1n) is 9.96. The molecular formula is C25H23N3O4. The summed E-state index contributed by atoms with van der Waals surface area (Å²) in [5.74, 6) is 1.55. The second-order valence-electron chi connectivity index (χ2n) is 6.92. The van der Waals surface area contributed by atoms with Gasteiger partial charge in [-0.2, -0.15) is 5.10 Å². The van der Waals surface area contributed by atoms with Gasteiger partial charge in [-0.3, -0.25) is 4.79 Å². The van der Waals surface area contributed by atoms with Crippen LogP contribution in [0.25, 0.3) is 16.9 Å². The zero-order chi connectivity index (χ0) is 22.5. The Hall–Kier alpha value is -4.26. The Morgan fingerprint density at radius 3 is 2.19 bits per heavy atom. The van der Waals surface area contributed by atoms with E-state index >= 15 is 0 Å². The van der Waals surface area contributed by atoms with Crippen molar-refractivity contribution in [2.24, 2.45) is 0 Å². The molecule has 0 radical (unpaired) electrons. The minimum absolute atomic E-state index is 0.315. The number of para-hydroxylation sites is 1. The van der Waals surface area contributed by atoms with Gasteiger partial charge in [0.1, 0.15) is 22.9 Å². The summed E-state index contributed by atoms with van der Waals surface area (Å²) in [6.07, 6.45) is 1.72. The molecule has 4 rings (SSSR count). The van der Waals surface area contributed by atoms with E-state index in [1.54, 1.807) is 50.4 Å². The Kier molecular flexibility index (Phi) is 6.07. The number of hydrogen-bond acceptors (Lipinski definition) is 5. The summed E-state index contributed by atoms with van der Waals surface area (Å²) < 4.78 is 17.6. The SMILES string of the molecule is COc1ccc(-c2nn(-c3ccccc3)cc2C(=O)Nc2cc(OC)ccc2OC)cc1. The molecule has 162 valence electrons. The third kappa shape index (κ3) is 4.27. The molecule has 32 heavy (non-hydrogen) atoms. The van der Waals surface area contributed by atoms with E-state index in [1.165, 1.54) is 0 Å². The van der Waals surface area contributed by atoms with Crippen molar-refractivity contribution in [2.45, 2.75) is 0 Å². The van der Waals surface area contributed by atoms with Crippen LogP contribution in [0.1, 0.15) is 10.4 Å². The van der Waals surface area contributed by atoms with Crippen molar-refractivity contribution in [3.63, 3.8) is 0 Å². The fraction of sp³-hybridized carbons (Fsp3) is 0.120. The Morgan fingerprint density at radius 1 is 0.844 bits per heavy atom. The number of hydrogen-bond donors (Lipinski definition) is 1. The van der Waals surface area contributed by atoms with Gasteiger partial charge in [0, 0.05) is 17.8 Å². The predicted octanol–water partition coefficient (Wildman–Crippen LogP) is 4.82. The van der Waals surface area contributed by atoms with Crippen LogP contribution in [0, 0.1) is 0 Å². The summed E-state index contributed by atoms with van der Waals surface area (Å²) >= 11 is 0. The largest absolute Gasteiger partial charge is 0.497 e. The number of amides is 1. The van der Waals surface area contributed by atoms with Crippen molar-refractivity contribution in [1.29, 1.82) is 0 Å². The molecule has 0 bridgehead atoms. The van der Waals surface area contributed by atoms with Crippen LogP contribution in [0.3, 0.4) is 0 Å². The van der Waals surface area contributed by atoms with Crippen LogP contribution in [-0.2, 0) is 0 Å². The average molecular weight is 429 g/mol. The third-order valence-corrected chi connectivity index (χ3v) is 5.00. The van der Waals surface area contributed by atoms with E-state index in [4.69, 9.17) is 19.3 Å². The van der Waals surface area contributed by atoms with E-state index in [-0.39, 0.29) is 5.91 Å². The van der Waals surface area contributed by atoms with E-state index < -0.39 is 0 Å². The molecule has 4 aromatic rings. The number of nitrogens with one attached hydrogen (secondary N) is 1. The maximum Gasteiger partial charge on any atom is 0.259 e. The van der Waals surface area contributed by atoms with Gasteiger partial charge in [0.05, 0.1) is 38.3 Å². The minimum atomic E-state index is -0.315. The monoisotopic (exact) mass is 429 g/mol. The summed E-state index contributed by atoms with van der Waals surface area (Å²) in [6.45, 7) is 0. The topological polar surface area (TPSA) is 74.6 Å². The lowest BCUT2D eigenvalue weighted by atomic mass is 10.1. The zero-order valence-corrected chi connectivity index (χ0v) is 18.0. The van der Waals surface area contributed by atoms with Crippen molar-refractivity contribution < 1.29 is 19.0 Å². The normalized spacial score (nSPS) is 10.5. The molecule has 7 nitrogen and oxygen atoms in total. The zero-order valence-electron chi connectivity index (χ0n) is 18.0. The van der Waals surface area contributed by atoms with Gasteiger partial charge < -0.3 is 19.5 Å². The molecule has 0 fully saturated rings. The molecule has 0 atom stereocenters. The summed E-state index contributed by atoms with van der Waals surface area (Å²) in [6, 6.07) is 22.3. The standard InChI is InChI=1S/C25H23N3O4/c1-30-19-11-9-17(10-12-19)24-21(16-28(27-24)18-7-5-4-6-8-18)25(29)26-22-15-20(31-2)13-14-23(22)32-3/h4-16H,1-3H3,(H,26,29). The highest BCUT2D eigenvalue weighted by Crippen LogP contribution is 2.31.